The number of nitrogens with one attached hydrogen (secondary N) is 2. The van der Waals surface area contributed by atoms with E-state index in [1.165, 1.54) is 0 Å². The van der Waals surface area contributed by atoms with Crippen molar-refractivity contribution in [2.45, 2.75) is 44.8 Å². The number of alkyl carbamates (subject to hydrolysis) is 1. The van der Waals surface area contributed by atoms with Gasteiger partial charge in [0.2, 0.25) is 5.95 Å². The number of nitrogens with zero attached hydrogens (tertiary/aromatic N) is 7. The van der Waals surface area contributed by atoms with E-state index in [1.807, 2.05) is 62.1 Å². The van der Waals surface area contributed by atoms with Gasteiger partial charge in [-0.05, 0) is 51.3 Å². The van der Waals surface area contributed by atoms with E-state index < -0.39 is 17.2 Å². The summed E-state index contributed by atoms with van der Waals surface area (Å²) in [4.78, 5) is 24.3. The number of hydrogen-bond donors (Lipinski definition) is 2. The maximum Gasteiger partial charge on any atom is 0.408 e. The molecule has 1 aliphatic rings. The first-order chi connectivity index (χ1) is 20.5. The monoisotopic (exact) mass is 617 g/mol. The van der Waals surface area contributed by atoms with E-state index in [0.717, 1.165) is 5.56 Å². The first kappa shape index (κ1) is 28.7. The second kappa shape index (κ2) is 10.7. The summed E-state index contributed by atoms with van der Waals surface area (Å²) < 4.78 is 7.15. The van der Waals surface area contributed by atoms with Gasteiger partial charge in [0.1, 0.15) is 22.5 Å². The van der Waals surface area contributed by atoms with Crippen molar-refractivity contribution in [1.29, 1.82) is 5.26 Å². The van der Waals surface area contributed by atoms with Crippen LogP contribution in [0.15, 0.2) is 42.5 Å². The van der Waals surface area contributed by atoms with Crippen molar-refractivity contribution >= 4 is 57.2 Å². The van der Waals surface area contributed by atoms with Crippen molar-refractivity contribution in [2.75, 3.05) is 18.0 Å². The molecule has 2 aromatic carbocycles. The molecule has 4 heterocycles. The highest BCUT2D eigenvalue weighted by Crippen LogP contribution is 2.40. The number of aromatic amines is 1. The van der Waals surface area contributed by atoms with Crippen molar-refractivity contribution in [1.82, 2.24) is 35.3 Å². The average molecular weight is 619 g/mol. The van der Waals surface area contributed by atoms with Gasteiger partial charge in [-0.2, -0.15) is 20.4 Å². The quantitative estimate of drug-likeness (QED) is 0.246. The van der Waals surface area contributed by atoms with Gasteiger partial charge in [-0.3, -0.25) is 9.78 Å². The number of anilines is 1. The molecule has 1 aliphatic heterocycles. The number of carbonyl (C=O) groups excluding carboxylic acids is 1. The van der Waals surface area contributed by atoms with E-state index >= 15 is 0 Å². The number of benzene rings is 2. The summed E-state index contributed by atoms with van der Waals surface area (Å²) in [6.07, 6.45) is 0.688. The predicted molar refractivity (Wildman–Crippen MR) is 165 cm³/mol. The fraction of sp³-hybridized carbons (Fsp3) is 0.333. The third kappa shape index (κ3) is 5.21. The van der Waals surface area contributed by atoms with E-state index in [4.69, 9.17) is 32.9 Å². The predicted octanol–water partition coefficient (Wildman–Crippen LogP) is 6.11. The van der Waals surface area contributed by atoms with Crippen LogP contribution in [0.4, 0.5) is 10.7 Å². The Labute approximate surface area is 257 Å². The van der Waals surface area contributed by atoms with E-state index in [0.29, 0.717) is 75.2 Å². The second-order valence-corrected chi connectivity index (χ2v) is 12.3. The van der Waals surface area contributed by atoms with Crippen molar-refractivity contribution in [3.63, 3.8) is 0 Å². The summed E-state index contributed by atoms with van der Waals surface area (Å²) in [5.74, 6) is 0.398. The zero-order valence-corrected chi connectivity index (χ0v) is 25.6. The Balaban J connectivity index is 1.32. The van der Waals surface area contributed by atoms with Gasteiger partial charge in [-0.15, -0.1) is 0 Å². The maximum atomic E-state index is 12.9. The minimum absolute atomic E-state index is 0.170. The van der Waals surface area contributed by atoms with Crippen LogP contribution in [0.5, 0.6) is 0 Å². The molecule has 6 rings (SSSR count). The Bertz CT molecular complexity index is 1900. The highest BCUT2D eigenvalue weighted by atomic mass is 35.5. The molecule has 1 saturated heterocycles. The Hall–Kier alpha value is -4.40. The molecule has 220 valence electrons. The average Bonchev–Trinajstić information content (AvgIpc) is 3.53. The molecule has 0 bridgehead atoms. The number of carbonyl (C=O) groups is 1. The van der Waals surface area contributed by atoms with Gasteiger partial charge in [0, 0.05) is 25.7 Å². The number of H-pyrrole nitrogens is 1. The standard InChI is InChI=1S/C30H29Cl2N9O2/c1-29(2,3)43-28(42)36-30(17-8-6-5-7-9-17)12-14-41(15-13-30)27-34-20(16-33)22-24(37-38-26(22)35-27)18-10-11-19-21(23(18)31)25(32)40(4)39-19/h5-11H,12-15H2,1-4H3,(H,36,42)(H,34,35,37,38). The summed E-state index contributed by atoms with van der Waals surface area (Å²) in [5.41, 5.74) is 2.01. The molecule has 5 aromatic rings. The molecule has 2 N–H and O–H groups in total. The lowest BCUT2D eigenvalue weighted by Gasteiger charge is -2.42. The number of rotatable bonds is 4. The second-order valence-electron chi connectivity index (χ2n) is 11.6. The third-order valence-corrected chi connectivity index (χ3v) is 8.43. The first-order valence-corrected chi connectivity index (χ1v) is 14.5. The molecule has 0 unspecified atom stereocenters. The molecular formula is C30H29Cl2N9O2. The molecule has 43 heavy (non-hydrogen) atoms. The molecule has 0 atom stereocenters. The summed E-state index contributed by atoms with van der Waals surface area (Å²) in [6.45, 7) is 6.58. The zero-order valence-electron chi connectivity index (χ0n) is 24.1. The maximum absolute atomic E-state index is 12.9. The number of aryl methyl sites for hydroxylation is 1. The summed E-state index contributed by atoms with van der Waals surface area (Å²) in [7, 11) is 1.74. The van der Waals surface area contributed by atoms with Gasteiger partial charge in [-0.25, -0.2) is 9.78 Å². The lowest BCUT2D eigenvalue weighted by molar-refractivity contribution is 0.0431. The van der Waals surface area contributed by atoms with Crippen LogP contribution in [0.1, 0.15) is 44.9 Å². The van der Waals surface area contributed by atoms with Crippen LogP contribution < -0.4 is 10.2 Å². The van der Waals surface area contributed by atoms with Crippen molar-refractivity contribution in [3.05, 3.63) is 63.9 Å². The van der Waals surface area contributed by atoms with Crippen molar-refractivity contribution in [2.24, 2.45) is 7.05 Å². The largest absolute Gasteiger partial charge is 0.444 e. The van der Waals surface area contributed by atoms with Crippen LogP contribution in [-0.2, 0) is 17.3 Å². The Morgan fingerprint density at radius 2 is 1.81 bits per heavy atom. The number of ether oxygens (including phenoxy) is 1. The van der Waals surface area contributed by atoms with Crippen LogP contribution in [0, 0.1) is 11.3 Å². The van der Waals surface area contributed by atoms with Crippen LogP contribution in [-0.4, -0.2) is 54.7 Å². The summed E-state index contributed by atoms with van der Waals surface area (Å²) >= 11 is 13.2. The van der Waals surface area contributed by atoms with Crippen LogP contribution in [0.3, 0.4) is 0 Å². The van der Waals surface area contributed by atoms with Crippen LogP contribution >= 0.6 is 23.2 Å². The van der Waals surface area contributed by atoms with E-state index in [-0.39, 0.29) is 5.69 Å². The van der Waals surface area contributed by atoms with E-state index in [9.17, 15) is 10.1 Å². The fourth-order valence-electron chi connectivity index (χ4n) is 5.56. The van der Waals surface area contributed by atoms with Crippen LogP contribution in [0.2, 0.25) is 10.2 Å². The number of piperidine rings is 1. The van der Waals surface area contributed by atoms with Crippen molar-refractivity contribution < 1.29 is 9.53 Å². The molecule has 0 saturated carbocycles. The molecular weight excluding hydrogens is 589 g/mol. The minimum atomic E-state index is -0.633. The third-order valence-electron chi connectivity index (χ3n) is 7.60. The molecule has 13 heteroatoms. The van der Waals surface area contributed by atoms with Gasteiger partial charge in [0.15, 0.2) is 11.3 Å². The molecule has 0 spiro atoms. The summed E-state index contributed by atoms with van der Waals surface area (Å²) in [5, 5.41) is 26.9. The van der Waals surface area contributed by atoms with E-state index in [2.05, 4.69) is 31.7 Å². The number of aromatic nitrogens is 6. The Kier molecular flexibility index (Phi) is 7.15. The summed E-state index contributed by atoms with van der Waals surface area (Å²) in [6, 6.07) is 15.7. The molecule has 0 aliphatic carbocycles. The topological polar surface area (TPSA) is 138 Å². The number of fused-ring (bicyclic) bond motifs is 2. The molecule has 3 aromatic heterocycles. The lowest BCUT2D eigenvalue weighted by atomic mass is 9.81. The highest BCUT2D eigenvalue weighted by Gasteiger charge is 2.39. The highest BCUT2D eigenvalue weighted by molar-refractivity contribution is 6.43. The molecule has 1 amide bonds. The SMILES string of the molecule is Cn1nc2ccc(-c3n[nH]c4nc(N5CCC(NC(=O)OC(C)(C)C)(c6ccccc6)CC5)nc(C#N)c34)c(Cl)c2c1Cl. The van der Waals surface area contributed by atoms with Crippen molar-refractivity contribution in [3.8, 4) is 17.3 Å². The normalized spacial score (nSPS) is 15.0. The van der Waals surface area contributed by atoms with Crippen LogP contribution in [0.25, 0.3) is 33.2 Å². The minimum Gasteiger partial charge on any atom is -0.444 e. The molecule has 11 nitrogen and oxygen atoms in total. The van der Waals surface area contributed by atoms with Gasteiger partial charge in [-0.1, -0.05) is 53.5 Å². The number of amides is 1. The molecule has 0 radical (unpaired) electrons. The number of hydrogen-bond acceptors (Lipinski definition) is 8. The van der Waals surface area contributed by atoms with Gasteiger partial charge in [0.25, 0.3) is 0 Å². The molecule has 1 fully saturated rings. The lowest BCUT2D eigenvalue weighted by Crippen LogP contribution is -2.54. The number of nitriles is 1. The fourth-order valence-corrected chi connectivity index (χ4v) is 6.18. The Morgan fingerprint density at radius 1 is 1.09 bits per heavy atom. The zero-order chi connectivity index (χ0) is 30.5. The van der Waals surface area contributed by atoms with Gasteiger partial charge >= 0.3 is 6.09 Å². The number of halogens is 2. The Morgan fingerprint density at radius 3 is 2.49 bits per heavy atom. The first-order valence-electron chi connectivity index (χ1n) is 13.8. The van der Waals surface area contributed by atoms with Gasteiger partial charge in [0.05, 0.1) is 26.9 Å². The smallest absolute Gasteiger partial charge is 0.408 e. The van der Waals surface area contributed by atoms with E-state index in [1.54, 1.807) is 17.8 Å². The van der Waals surface area contributed by atoms with Gasteiger partial charge < -0.3 is 15.0 Å².